The zero-order chi connectivity index (χ0) is 18.7. The average Bonchev–Trinajstić information content (AvgIpc) is 2.91. The predicted molar refractivity (Wildman–Crippen MR) is 92.8 cm³/mol. The predicted octanol–water partition coefficient (Wildman–Crippen LogP) is 1.73. The summed E-state index contributed by atoms with van der Waals surface area (Å²) in [5, 5.41) is 2.60. The highest BCUT2D eigenvalue weighted by molar-refractivity contribution is 6.08. The number of hydrogen-bond acceptors (Lipinski definition) is 5. The summed E-state index contributed by atoms with van der Waals surface area (Å²) in [6.45, 7) is 0.992. The van der Waals surface area contributed by atoms with Crippen molar-refractivity contribution in [1.29, 1.82) is 0 Å². The molecule has 0 spiro atoms. The zero-order valence-corrected chi connectivity index (χ0v) is 14.6. The molecular weight excluding hydrogens is 336 g/mol. The molecule has 1 aromatic rings. The van der Waals surface area contributed by atoms with Crippen molar-refractivity contribution in [3.8, 4) is 0 Å². The number of nitrogens with zero attached hydrogens (tertiary/aromatic N) is 1. The van der Waals surface area contributed by atoms with E-state index in [0.29, 0.717) is 18.5 Å². The van der Waals surface area contributed by atoms with Crippen molar-refractivity contribution in [2.75, 3.05) is 11.9 Å². The minimum absolute atomic E-state index is 0.294. The van der Waals surface area contributed by atoms with Crippen LogP contribution in [0.5, 0.6) is 0 Å². The third-order valence-corrected chi connectivity index (χ3v) is 5.01. The molecule has 1 saturated heterocycles. The second-order valence-electron chi connectivity index (χ2n) is 6.74. The van der Waals surface area contributed by atoms with Crippen LogP contribution < -0.4 is 5.32 Å². The molecule has 138 valence electrons. The van der Waals surface area contributed by atoms with Gasteiger partial charge in [0.15, 0.2) is 6.61 Å². The summed E-state index contributed by atoms with van der Waals surface area (Å²) in [7, 11) is 0. The molecule has 0 unspecified atom stereocenters. The molecule has 3 rings (SSSR count). The SMILES string of the molecule is C[C@@H](C(=O)OCC(=O)Nc1ccccc1)N1C(=O)[C@H]2CCCC[C@H]2C1=O. The van der Waals surface area contributed by atoms with Crippen LogP contribution in [0.25, 0.3) is 0 Å². The Morgan fingerprint density at radius 3 is 2.27 bits per heavy atom. The van der Waals surface area contributed by atoms with Crippen LogP contribution in [0.3, 0.4) is 0 Å². The van der Waals surface area contributed by atoms with Gasteiger partial charge in [-0.3, -0.25) is 19.3 Å². The number of likely N-dealkylation sites (tertiary alicyclic amines) is 1. The Morgan fingerprint density at radius 2 is 1.69 bits per heavy atom. The number of hydrogen-bond donors (Lipinski definition) is 1. The second-order valence-corrected chi connectivity index (χ2v) is 6.74. The van der Waals surface area contributed by atoms with Gasteiger partial charge in [0.25, 0.3) is 5.91 Å². The minimum atomic E-state index is -1.02. The number of ether oxygens (including phenoxy) is 1. The standard InChI is InChI=1S/C19H22N2O5/c1-12(21-17(23)14-9-5-6-10-15(14)18(21)24)19(25)26-11-16(22)20-13-7-3-2-4-8-13/h2-4,7-8,12,14-15H,5-6,9-11H2,1H3,(H,20,22)/t12-,14-,15+/m0/s1. The number of amides is 3. The largest absolute Gasteiger partial charge is 0.454 e. The van der Waals surface area contributed by atoms with Crippen molar-refractivity contribution in [2.24, 2.45) is 11.8 Å². The van der Waals surface area contributed by atoms with E-state index in [1.165, 1.54) is 6.92 Å². The Labute approximate surface area is 151 Å². The lowest BCUT2D eigenvalue weighted by molar-refractivity contribution is -0.159. The fraction of sp³-hybridized carbons (Fsp3) is 0.474. The molecule has 0 aromatic heterocycles. The van der Waals surface area contributed by atoms with Crippen molar-refractivity contribution in [2.45, 2.75) is 38.6 Å². The first-order valence-electron chi connectivity index (χ1n) is 8.87. The van der Waals surface area contributed by atoms with E-state index >= 15 is 0 Å². The summed E-state index contributed by atoms with van der Waals surface area (Å²) in [5.74, 6) is -2.45. The van der Waals surface area contributed by atoms with Gasteiger partial charge < -0.3 is 10.1 Å². The maximum Gasteiger partial charge on any atom is 0.329 e. The maximum atomic E-state index is 12.5. The number of para-hydroxylation sites is 1. The van der Waals surface area contributed by atoms with Gasteiger partial charge in [0, 0.05) is 5.69 Å². The van der Waals surface area contributed by atoms with Gasteiger partial charge in [-0.15, -0.1) is 0 Å². The molecular formula is C19H22N2O5. The van der Waals surface area contributed by atoms with Crippen LogP contribution in [0.1, 0.15) is 32.6 Å². The Kier molecular flexibility index (Phi) is 5.35. The van der Waals surface area contributed by atoms with E-state index in [2.05, 4.69) is 5.32 Å². The summed E-state index contributed by atoms with van der Waals surface area (Å²) in [4.78, 5) is 50.1. The third kappa shape index (κ3) is 3.61. The minimum Gasteiger partial charge on any atom is -0.454 e. The first-order chi connectivity index (χ1) is 12.5. The summed E-state index contributed by atoms with van der Waals surface area (Å²) in [6, 6.07) is 7.77. The lowest BCUT2D eigenvalue weighted by atomic mass is 9.81. The van der Waals surface area contributed by atoms with E-state index in [1.54, 1.807) is 24.3 Å². The molecule has 0 radical (unpaired) electrons. The van der Waals surface area contributed by atoms with E-state index in [9.17, 15) is 19.2 Å². The van der Waals surface area contributed by atoms with Gasteiger partial charge in [-0.2, -0.15) is 0 Å². The number of anilines is 1. The van der Waals surface area contributed by atoms with Crippen LogP contribution in [0, 0.1) is 11.8 Å². The number of carbonyl (C=O) groups excluding carboxylic acids is 4. The molecule has 3 amide bonds. The molecule has 0 bridgehead atoms. The van der Waals surface area contributed by atoms with Crippen molar-refractivity contribution in [1.82, 2.24) is 4.90 Å². The normalized spacial score (nSPS) is 23.3. The molecule has 1 N–H and O–H groups in total. The molecule has 26 heavy (non-hydrogen) atoms. The monoisotopic (exact) mass is 358 g/mol. The van der Waals surface area contributed by atoms with E-state index in [-0.39, 0.29) is 23.7 Å². The quantitative estimate of drug-likeness (QED) is 0.639. The van der Waals surface area contributed by atoms with Crippen LogP contribution in [-0.2, 0) is 23.9 Å². The smallest absolute Gasteiger partial charge is 0.329 e. The first kappa shape index (κ1) is 18.1. The van der Waals surface area contributed by atoms with Crippen molar-refractivity contribution >= 4 is 29.4 Å². The summed E-state index contributed by atoms with van der Waals surface area (Å²) in [5.41, 5.74) is 0.593. The van der Waals surface area contributed by atoms with E-state index in [0.717, 1.165) is 17.7 Å². The maximum absolute atomic E-state index is 12.5. The zero-order valence-electron chi connectivity index (χ0n) is 14.6. The number of nitrogens with one attached hydrogen (secondary N) is 1. The Hall–Kier alpha value is -2.70. The van der Waals surface area contributed by atoms with Crippen LogP contribution in [0.4, 0.5) is 5.69 Å². The average molecular weight is 358 g/mol. The molecule has 3 atom stereocenters. The summed E-state index contributed by atoms with van der Waals surface area (Å²) >= 11 is 0. The van der Waals surface area contributed by atoms with E-state index in [1.807, 2.05) is 6.07 Å². The van der Waals surface area contributed by atoms with Crippen LogP contribution in [-0.4, -0.2) is 41.2 Å². The van der Waals surface area contributed by atoms with Gasteiger partial charge in [-0.25, -0.2) is 4.79 Å². The Bertz CT molecular complexity index is 694. The Morgan fingerprint density at radius 1 is 1.12 bits per heavy atom. The topological polar surface area (TPSA) is 92.8 Å². The Balaban J connectivity index is 1.55. The van der Waals surface area contributed by atoms with Crippen LogP contribution >= 0.6 is 0 Å². The second kappa shape index (κ2) is 7.68. The molecule has 1 saturated carbocycles. The van der Waals surface area contributed by atoms with E-state index < -0.39 is 24.5 Å². The lowest BCUT2D eigenvalue weighted by Crippen LogP contribution is -2.45. The highest BCUT2D eigenvalue weighted by atomic mass is 16.5. The van der Waals surface area contributed by atoms with Gasteiger partial charge in [0.05, 0.1) is 11.8 Å². The molecule has 2 fully saturated rings. The molecule has 1 aliphatic carbocycles. The van der Waals surface area contributed by atoms with Crippen molar-refractivity contribution in [3.05, 3.63) is 30.3 Å². The number of carbonyl (C=O) groups is 4. The van der Waals surface area contributed by atoms with Crippen molar-refractivity contribution in [3.63, 3.8) is 0 Å². The number of fused-ring (bicyclic) bond motifs is 1. The molecule has 2 aliphatic rings. The van der Waals surface area contributed by atoms with Gasteiger partial charge in [0.1, 0.15) is 6.04 Å². The lowest BCUT2D eigenvalue weighted by Gasteiger charge is -2.21. The molecule has 7 nitrogen and oxygen atoms in total. The number of imide groups is 1. The van der Waals surface area contributed by atoms with E-state index in [4.69, 9.17) is 4.74 Å². The van der Waals surface area contributed by atoms with Crippen LogP contribution in [0.15, 0.2) is 30.3 Å². The summed E-state index contributed by atoms with van der Waals surface area (Å²) < 4.78 is 5.00. The molecule has 1 aliphatic heterocycles. The highest BCUT2D eigenvalue weighted by Gasteiger charge is 2.51. The number of benzene rings is 1. The molecule has 1 heterocycles. The summed E-state index contributed by atoms with van der Waals surface area (Å²) in [6.07, 6.45) is 3.22. The third-order valence-electron chi connectivity index (χ3n) is 5.01. The van der Waals surface area contributed by atoms with Gasteiger partial charge in [-0.1, -0.05) is 31.0 Å². The highest BCUT2D eigenvalue weighted by Crippen LogP contribution is 2.38. The van der Waals surface area contributed by atoms with Gasteiger partial charge in [0.2, 0.25) is 11.8 Å². The first-order valence-corrected chi connectivity index (χ1v) is 8.87. The number of esters is 1. The number of rotatable bonds is 5. The molecule has 1 aromatic carbocycles. The fourth-order valence-electron chi connectivity index (χ4n) is 3.65. The fourth-order valence-corrected chi connectivity index (χ4v) is 3.65. The van der Waals surface area contributed by atoms with Crippen molar-refractivity contribution < 1.29 is 23.9 Å². The van der Waals surface area contributed by atoms with Crippen LogP contribution in [0.2, 0.25) is 0 Å². The molecule has 7 heteroatoms. The van der Waals surface area contributed by atoms with Gasteiger partial charge >= 0.3 is 5.97 Å². The van der Waals surface area contributed by atoms with Gasteiger partial charge in [-0.05, 0) is 31.9 Å².